The number of aliphatic hydroxyl groups excluding tert-OH is 1. The second-order valence-electron chi connectivity index (χ2n) is 3.86. The Morgan fingerprint density at radius 3 is 2.75 bits per heavy atom. The van der Waals surface area contributed by atoms with Crippen LogP contribution in [0.2, 0.25) is 0 Å². The van der Waals surface area contributed by atoms with Crippen LogP contribution in [0, 0.1) is 0 Å². The Morgan fingerprint density at radius 2 is 2.17 bits per heavy atom. The summed E-state index contributed by atoms with van der Waals surface area (Å²) in [5.41, 5.74) is 0. The van der Waals surface area contributed by atoms with Crippen molar-refractivity contribution >= 4 is 22.6 Å². The number of rotatable bonds is 1. The first-order valence-electron chi connectivity index (χ1n) is 4.65. The molecule has 1 aliphatic rings. The molecule has 0 aromatic heterocycles. The van der Waals surface area contributed by atoms with Gasteiger partial charge in [-0.15, -0.1) is 0 Å². The molecule has 0 aromatic carbocycles. The highest BCUT2D eigenvalue weighted by Gasteiger charge is 2.22. The fourth-order valence-electron chi connectivity index (χ4n) is 1.62. The molecule has 1 heterocycles. The molecule has 1 saturated heterocycles. The van der Waals surface area contributed by atoms with Crippen molar-refractivity contribution in [2.24, 2.45) is 0 Å². The van der Waals surface area contributed by atoms with Crippen LogP contribution in [0.1, 0.15) is 26.7 Å². The van der Waals surface area contributed by atoms with Gasteiger partial charge in [0.1, 0.15) is 0 Å². The van der Waals surface area contributed by atoms with E-state index in [9.17, 15) is 5.11 Å². The van der Waals surface area contributed by atoms with Gasteiger partial charge < -0.3 is 5.11 Å². The lowest BCUT2D eigenvalue weighted by Gasteiger charge is -2.25. The van der Waals surface area contributed by atoms with Crippen molar-refractivity contribution in [1.29, 1.82) is 0 Å². The third-order valence-corrected chi connectivity index (χ3v) is 3.34. The molecule has 0 aromatic rings. The molecule has 2 atom stereocenters. The Labute approximate surface area is 88.5 Å². The number of hydrogen-bond acceptors (Lipinski definition) is 2. The van der Waals surface area contributed by atoms with Gasteiger partial charge >= 0.3 is 0 Å². The molecule has 1 fully saturated rings. The third kappa shape index (κ3) is 3.18. The first kappa shape index (κ1) is 10.7. The highest BCUT2D eigenvalue weighted by molar-refractivity contribution is 14.1. The van der Waals surface area contributed by atoms with Crippen molar-refractivity contribution in [3.05, 3.63) is 0 Å². The van der Waals surface area contributed by atoms with Gasteiger partial charge in [0.05, 0.1) is 6.10 Å². The largest absolute Gasteiger partial charge is 0.393 e. The van der Waals surface area contributed by atoms with Crippen LogP contribution in [0.3, 0.4) is 0 Å². The molecular weight excluding hydrogens is 265 g/mol. The molecule has 12 heavy (non-hydrogen) atoms. The van der Waals surface area contributed by atoms with Gasteiger partial charge in [-0.25, -0.2) is 0 Å². The standard InChI is InChI=1S/C9H18INO/c1-7(2)11-4-3-9(12)5-8(10)6-11/h7-9,12H,3-6H2,1-2H3. The van der Waals surface area contributed by atoms with E-state index in [-0.39, 0.29) is 6.10 Å². The van der Waals surface area contributed by atoms with E-state index >= 15 is 0 Å². The fraction of sp³-hybridized carbons (Fsp3) is 1.00. The molecule has 1 aliphatic heterocycles. The Hall–Kier alpha value is 0.650. The van der Waals surface area contributed by atoms with Crippen molar-refractivity contribution in [2.45, 2.75) is 42.8 Å². The van der Waals surface area contributed by atoms with E-state index in [1.165, 1.54) is 0 Å². The van der Waals surface area contributed by atoms with E-state index in [0.717, 1.165) is 25.9 Å². The van der Waals surface area contributed by atoms with Gasteiger partial charge in [-0.1, -0.05) is 22.6 Å². The maximum Gasteiger partial charge on any atom is 0.0563 e. The summed E-state index contributed by atoms with van der Waals surface area (Å²) in [6, 6.07) is 0.618. The molecule has 0 radical (unpaired) electrons. The van der Waals surface area contributed by atoms with Crippen molar-refractivity contribution in [3.63, 3.8) is 0 Å². The molecule has 1 rings (SSSR count). The quantitative estimate of drug-likeness (QED) is 0.584. The van der Waals surface area contributed by atoms with Crippen LogP contribution in [0.4, 0.5) is 0 Å². The second-order valence-corrected chi connectivity index (χ2v) is 5.63. The Bertz CT molecular complexity index is 140. The molecule has 1 N–H and O–H groups in total. The molecule has 2 nitrogen and oxygen atoms in total. The zero-order chi connectivity index (χ0) is 9.14. The van der Waals surface area contributed by atoms with Crippen LogP contribution < -0.4 is 0 Å². The lowest BCUT2D eigenvalue weighted by atomic mass is 10.2. The topological polar surface area (TPSA) is 23.5 Å². The maximum atomic E-state index is 9.53. The summed E-state index contributed by atoms with van der Waals surface area (Å²) >= 11 is 2.44. The van der Waals surface area contributed by atoms with Crippen LogP contribution in [0.5, 0.6) is 0 Å². The summed E-state index contributed by atoms with van der Waals surface area (Å²) in [7, 11) is 0. The Morgan fingerprint density at radius 1 is 1.50 bits per heavy atom. The van der Waals surface area contributed by atoms with E-state index in [4.69, 9.17) is 0 Å². The number of hydrogen-bond donors (Lipinski definition) is 1. The van der Waals surface area contributed by atoms with Crippen molar-refractivity contribution < 1.29 is 5.11 Å². The molecule has 0 saturated carbocycles. The molecule has 72 valence electrons. The predicted octanol–water partition coefficient (Wildman–Crippen LogP) is 1.66. The van der Waals surface area contributed by atoms with Gasteiger partial charge in [0.2, 0.25) is 0 Å². The lowest BCUT2D eigenvalue weighted by Crippen LogP contribution is -2.34. The lowest BCUT2D eigenvalue weighted by molar-refractivity contribution is 0.152. The summed E-state index contributed by atoms with van der Waals surface area (Å²) in [6.07, 6.45) is 1.83. The van der Waals surface area contributed by atoms with Gasteiger partial charge in [-0.3, -0.25) is 4.90 Å². The minimum Gasteiger partial charge on any atom is -0.393 e. The van der Waals surface area contributed by atoms with E-state index in [0.29, 0.717) is 9.97 Å². The second kappa shape index (κ2) is 4.77. The highest BCUT2D eigenvalue weighted by atomic mass is 127. The summed E-state index contributed by atoms with van der Waals surface area (Å²) in [6.45, 7) is 6.63. The van der Waals surface area contributed by atoms with E-state index < -0.39 is 0 Å². The normalized spacial score (nSPS) is 33.8. The molecule has 2 unspecified atom stereocenters. The molecule has 0 spiro atoms. The van der Waals surface area contributed by atoms with E-state index in [1.807, 2.05) is 0 Å². The maximum absolute atomic E-state index is 9.53. The number of likely N-dealkylation sites (tertiary alicyclic amines) is 1. The molecular formula is C9H18INO. The van der Waals surface area contributed by atoms with Crippen molar-refractivity contribution in [3.8, 4) is 0 Å². The van der Waals surface area contributed by atoms with Gasteiger partial charge in [0.15, 0.2) is 0 Å². The van der Waals surface area contributed by atoms with Crippen molar-refractivity contribution in [2.75, 3.05) is 13.1 Å². The summed E-state index contributed by atoms with van der Waals surface area (Å²) in [4.78, 5) is 2.45. The zero-order valence-corrected chi connectivity index (χ0v) is 9.99. The minimum atomic E-state index is -0.0735. The highest BCUT2D eigenvalue weighted by Crippen LogP contribution is 2.19. The summed E-state index contributed by atoms with van der Waals surface area (Å²) in [5.74, 6) is 0. The van der Waals surface area contributed by atoms with E-state index in [2.05, 4.69) is 41.3 Å². The van der Waals surface area contributed by atoms with Gasteiger partial charge in [0, 0.05) is 23.1 Å². The minimum absolute atomic E-state index is 0.0735. The Kier molecular flexibility index (Phi) is 4.26. The number of nitrogens with zero attached hydrogens (tertiary/aromatic N) is 1. The molecule has 3 heteroatoms. The fourth-order valence-corrected chi connectivity index (χ4v) is 2.71. The third-order valence-electron chi connectivity index (χ3n) is 2.44. The smallest absolute Gasteiger partial charge is 0.0563 e. The summed E-state index contributed by atoms with van der Waals surface area (Å²) < 4.78 is 0.613. The average molecular weight is 283 g/mol. The first-order valence-corrected chi connectivity index (χ1v) is 5.90. The number of aliphatic hydroxyl groups is 1. The average Bonchev–Trinajstić information content (AvgIpc) is 2.11. The van der Waals surface area contributed by atoms with Crippen molar-refractivity contribution in [1.82, 2.24) is 4.90 Å². The number of halogens is 1. The molecule has 0 bridgehead atoms. The van der Waals surface area contributed by atoms with Crippen LogP contribution >= 0.6 is 22.6 Å². The monoisotopic (exact) mass is 283 g/mol. The van der Waals surface area contributed by atoms with Crippen LogP contribution in [-0.4, -0.2) is 39.2 Å². The molecule has 0 aliphatic carbocycles. The van der Waals surface area contributed by atoms with E-state index in [1.54, 1.807) is 0 Å². The SMILES string of the molecule is CC(C)N1CCC(O)CC(I)C1. The first-order chi connectivity index (χ1) is 5.59. The van der Waals surface area contributed by atoms with Gasteiger partial charge in [-0.05, 0) is 26.7 Å². The van der Waals surface area contributed by atoms with Gasteiger partial charge in [-0.2, -0.15) is 0 Å². The number of alkyl halides is 1. The zero-order valence-electron chi connectivity index (χ0n) is 7.83. The molecule has 0 amide bonds. The van der Waals surface area contributed by atoms with Gasteiger partial charge in [0.25, 0.3) is 0 Å². The predicted molar refractivity (Wildman–Crippen MR) is 59.8 cm³/mol. The summed E-state index contributed by atoms with van der Waals surface area (Å²) in [5, 5.41) is 9.53. The van der Waals surface area contributed by atoms with Crippen LogP contribution in [0.15, 0.2) is 0 Å². The Balaban J connectivity index is 2.46. The van der Waals surface area contributed by atoms with Crippen LogP contribution in [-0.2, 0) is 0 Å². The van der Waals surface area contributed by atoms with Crippen LogP contribution in [0.25, 0.3) is 0 Å².